The van der Waals surface area contributed by atoms with Gasteiger partial charge in [0.2, 0.25) is 0 Å². The maximum absolute atomic E-state index is 13.0. The lowest BCUT2D eigenvalue weighted by atomic mass is 10.0. The SMILES string of the molecule is COc1cc(C(=O)N[C@]23CNC[C@H]2C3)ccc1-c1cc2nccc(-c3ccc(OC4CCOCC4)c(C#N)c3)c2o1. The van der Waals surface area contributed by atoms with Crippen LogP contribution in [0.5, 0.6) is 11.5 Å². The van der Waals surface area contributed by atoms with E-state index < -0.39 is 0 Å². The molecule has 0 spiro atoms. The third-order valence-electron chi connectivity index (χ3n) is 8.44. The molecule has 2 aromatic carbocycles. The van der Waals surface area contributed by atoms with Gasteiger partial charge in [-0.15, -0.1) is 0 Å². The number of furan rings is 1. The number of hydrogen-bond acceptors (Lipinski definition) is 8. The summed E-state index contributed by atoms with van der Waals surface area (Å²) in [6.07, 6.45) is 4.40. The van der Waals surface area contributed by atoms with E-state index >= 15 is 0 Å². The van der Waals surface area contributed by atoms with Crippen LogP contribution in [-0.2, 0) is 4.74 Å². The van der Waals surface area contributed by atoms with Crippen LogP contribution in [0.25, 0.3) is 33.6 Å². The number of nitrogens with zero attached hydrogens (tertiary/aromatic N) is 2. The van der Waals surface area contributed by atoms with Gasteiger partial charge in [-0.05, 0) is 54.3 Å². The molecule has 41 heavy (non-hydrogen) atoms. The van der Waals surface area contributed by atoms with Crippen LogP contribution in [0.1, 0.15) is 35.2 Å². The zero-order chi connectivity index (χ0) is 28.0. The zero-order valence-corrected chi connectivity index (χ0v) is 22.7. The van der Waals surface area contributed by atoms with E-state index in [2.05, 4.69) is 21.7 Å². The van der Waals surface area contributed by atoms with E-state index in [4.69, 9.17) is 18.6 Å². The number of benzene rings is 2. The standard InChI is InChI=1S/C32H30N4O5/c1-38-28-13-20(31(37)36-32-15-22(32)17-34-18-32)2-4-25(28)29-14-26-30(41-29)24(6-9-35-26)19-3-5-27(21(12-19)16-33)40-23-7-10-39-11-8-23/h2-6,9,12-14,22-23,34H,7-8,10-11,15,17-18H2,1H3,(H,36,37)/t22-,32-/m1/s1. The van der Waals surface area contributed by atoms with Crippen molar-refractivity contribution in [2.24, 2.45) is 5.92 Å². The fourth-order valence-electron chi connectivity index (χ4n) is 6.02. The number of piperidine rings is 1. The van der Waals surface area contributed by atoms with Crippen LogP contribution in [-0.4, -0.2) is 55.9 Å². The second-order valence-electron chi connectivity index (χ2n) is 11.0. The zero-order valence-electron chi connectivity index (χ0n) is 22.7. The van der Waals surface area contributed by atoms with Crippen LogP contribution >= 0.6 is 0 Å². The first-order valence-corrected chi connectivity index (χ1v) is 14.0. The van der Waals surface area contributed by atoms with Crippen molar-refractivity contribution in [2.45, 2.75) is 30.9 Å². The molecule has 0 radical (unpaired) electrons. The molecule has 1 amide bonds. The molecule has 9 heteroatoms. The Bertz CT molecular complexity index is 1690. The first kappa shape index (κ1) is 25.6. The van der Waals surface area contributed by atoms with Gasteiger partial charge in [-0.3, -0.25) is 9.78 Å². The molecule has 4 heterocycles. The Morgan fingerprint density at radius 3 is 2.76 bits per heavy atom. The summed E-state index contributed by atoms with van der Waals surface area (Å²) >= 11 is 0. The van der Waals surface area contributed by atoms with Gasteiger partial charge in [-0.1, -0.05) is 6.07 Å². The highest BCUT2D eigenvalue weighted by atomic mass is 16.5. The number of amides is 1. The largest absolute Gasteiger partial charge is 0.496 e. The van der Waals surface area contributed by atoms with Gasteiger partial charge >= 0.3 is 0 Å². The van der Waals surface area contributed by atoms with Gasteiger partial charge < -0.3 is 29.3 Å². The van der Waals surface area contributed by atoms with Crippen LogP contribution in [0, 0.1) is 17.2 Å². The maximum Gasteiger partial charge on any atom is 0.251 e. The van der Waals surface area contributed by atoms with E-state index in [1.54, 1.807) is 25.4 Å². The van der Waals surface area contributed by atoms with E-state index in [-0.39, 0.29) is 17.6 Å². The lowest BCUT2D eigenvalue weighted by Gasteiger charge is -2.23. The average Bonchev–Trinajstić information content (AvgIpc) is 3.30. The Kier molecular flexibility index (Phi) is 6.37. The minimum atomic E-state index is -0.107. The topological polar surface area (TPSA) is 119 Å². The first-order chi connectivity index (χ1) is 20.1. The van der Waals surface area contributed by atoms with Crippen molar-refractivity contribution in [3.63, 3.8) is 0 Å². The molecule has 2 atom stereocenters. The number of nitriles is 1. The smallest absolute Gasteiger partial charge is 0.251 e. The fraction of sp³-hybridized carbons (Fsp3) is 0.344. The minimum absolute atomic E-state index is 0.0411. The molecule has 4 aromatic rings. The summed E-state index contributed by atoms with van der Waals surface area (Å²) in [7, 11) is 1.58. The summed E-state index contributed by atoms with van der Waals surface area (Å²) in [5.41, 5.74) is 4.53. The second kappa shape index (κ2) is 10.2. The highest BCUT2D eigenvalue weighted by Gasteiger charge is 2.58. The van der Waals surface area contributed by atoms with Gasteiger partial charge in [0.25, 0.3) is 5.91 Å². The molecule has 2 N–H and O–H groups in total. The monoisotopic (exact) mass is 550 g/mol. The summed E-state index contributed by atoms with van der Waals surface area (Å²) in [6.45, 7) is 3.10. The van der Waals surface area contributed by atoms with Crippen LogP contribution in [0.2, 0.25) is 0 Å². The number of aromatic nitrogens is 1. The number of carbonyl (C=O) groups excluding carboxylic acids is 1. The highest BCUT2D eigenvalue weighted by molar-refractivity contribution is 5.97. The van der Waals surface area contributed by atoms with E-state index in [1.807, 2.05) is 36.4 Å². The van der Waals surface area contributed by atoms with Crippen molar-refractivity contribution >= 4 is 17.0 Å². The molecule has 0 bridgehead atoms. The molecule has 9 nitrogen and oxygen atoms in total. The molecule has 208 valence electrons. The number of carbonyl (C=O) groups is 1. The molecular formula is C32H30N4O5. The summed E-state index contributed by atoms with van der Waals surface area (Å²) < 4.78 is 23.6. The van der Waals surface area contributed by atoms with E-state index in [0.29, 0.717) is 58.6 Å². The molecule has 0 unspecified atom stereocenters. The number of hydrogen-bond donors (Lipinski definition) is 2. The fourth-order valence-corrected chi connectivity index (χ4v) is 6.02. The summed E-state index contributed by atoms with van der Waals surface area (Å²) in [4.78, 5) is 17.5. The lowest BCUT2D eigenvalue weighted by molar-refractivity contribution is 0.0254. The van der Waals surface area contributed by atoms with Gasteiger partial charge in [-0.2, -0.15) is 5.26 Å². The number of nitrogens with one attached hydrogen (secondary N) is 2. The molecule has 1 aliphatic carbocycles. The molecule has 7 rings (SSSR count). The Balaban J connectivity index is 1.18. The quantitative estimate of drug-likeness (QED) is 0.340. The summed E-state index contributed by atoms with van der Waals surface area (Å²) in [6, 6.07) is 17.0. The van der Waals surface area contributed by atoms with Gasteiger partial charge in [-0.25, -0.2) is 0 Å². The Labute approximate surface area is 237 Å². The summed E-state index contributed by atoms with van der Waals surface area (Å²) in [5.74, 6) is 2.10. The van der Waals surface area contributed by atoms with Gasteiger partial charge in [0.05, 0.1) is 37.0 Å². The minimum Gasteiger partial charge on any atom is -0.496 e. The highest BCUT2D eigenvalue weighted by Crippen LogP contribution is 2.46. The third-order valence-corrected chi connectivity index (χ3v) is 8.44. The van der Waals surface area contributed by atoms with Gasteiger partial charge in [0.15, 0.2) is 5.58 Å². The van der Waals surface area contributed by atoms with Crippen molar-refractivity contribution < 1.29 is 23.4 Å². The number of pyridine rings is 1. The number of ether oxygens (including phenoxy) is 3. The number of methoxy groups -OCH3 is 1. The number of fused-ring (bicyclic) bond motifs is 2. The Morgan fingerprint density at radius 2 is 2.00 bits per heavy atom. The normalized spacial score (nSPS) is 21.7. The maximum atomic E-state index is 13.0. The van der Waals surface area contributed by atoms with Crippen molar-refractivity contribution in [1.29, 1.82) is 5.26 Å². The van der Waals surface area contributed by atoms with Crippen LogP contribution in [0.15, 0.2) is 59.1 Å². The molecule has 3 aliphatic rings. The van der Waals surface area contributed by atoms with Gasteiger partial charge in [0, 0.05) is 49.3 Å². The predicted octanol–water partition coefficient (Wildman–Crippen LogP) is 4.69. The third kappa shape index (κ3) is 4.69. The van der Waals surface area contributed by atoms with Crippen LogP contribution in [0.4, 0.5) is 0 Å². The van der Waals surface area contributed by atoms with E-state index in [9.17, 15) is 10.1 Å². The number of rotatable bonds is 7. The van der Waals surface area contributed by atoms with Crippen molar-refractivity contribution in [2.75, 3.05) is 33.4 Å². The molecule has 1 saturated carbocycles. The van der Waals surface area contributed by atoms with E-state index in [1.165, 1.54) is 0 Å². The van der Waals surface area contributed by atoms with Crippen molar-refractivity contribution in [1.82, 2.24) is 15.6 Å². The lowest BCUT2D eigenvalue weighted by Crippen LogP contribution is -2.41. The molecule has 2 saturated heterocycles. The van der Waals surface area contributed by atoms with E-state index in [0.717, 1.165) is 49.0 Å². The molecule has 3 fully saturated rings. The molecular weight excluding hydrogens is 520 g/mol. The van der Waals surface area contributed by atoms with Gasteiger partial charge in [0.1, 0.15) is 34.9 Å². The van der Waals surface area contributed by atoms with Crippen molar-refractivity contribution in [3.05, 3.63) is 65.9 Å². The molecule has 2 aromatic heterocycles. The Hall–Kier alpha value is -4.39. The van der Waals surface area contributed by atoms with Crippen molar-refractivity contribution in [3.8, 4) is 40.0 Å². The average molecular weight is 551 g/mol. The van der Waals surface area contributed by atoms with Crippen LogP contribution < -0.4 is 20.1 Å². The second-order valence-corrected chi connectivity index (χ2v) is 11.0. The summed E-state index contributed by atoms with van der Waals surface area (Å²) in [5, 5.41) is 16.4. The first-order valence-electron chi connectivity index (χ1n) is 14.0. The van der Waals surface area contributed by atoms with Crippen LogP contribution in [0.3, 0.4) is 0 Å². The molecule has 2 aliphatic heterocycles. The Morgan fingerprint density at radius 1 is 1.12 bits per heavy atom. The predicted molar refractivity (Wildman–Crippen MR) is 152 cm³/mol.